The Bertz CT molecular complexity index is 647. The lowest BCUT2D eigenvalue weighted by atomic mass is 10.2. The number of amides is 1. The molecule has 0 aliphatic heterocycles. The first-order valence-corrected chi connectivity index (χ1v) is 5.60. The molecule has 0 aliphatic carbocycles. The first-order chi connectivity index (χ1) is 8.97. The predicted molar refractivity (Wildman–Crippen MR) is 67.4 cm³/mol. The highest BCUT2D eigenvalue weighted by Gasteiger charge is 2.11. The Balaban J connectivity index is 2.25. The van der Waals surface area contributed by atoms with Crippen LogP contribution in [0.4, 0.5) is 14.5 Å². The Morgan fingerprint density at radius 1 is 1.16 bits per heavy atom. The summed E-state index contributed by atoms with van der Waals surface area (Å²) in [6, 6.07) is 6.50. The first-order valence-electron chi connectivity index (χ1n) is 5.22. The van der Waals surface area contributed by atoms with E-state index >= 15 is 0 Å². The van der Waals surface area contributed by atoms with Crippen LogP contribution in [0.15, 0.2) is 36.4 Å². The molecule has 6 heteroatoms. The van der Waals surface area contributed by atoms with Crippen molar-refractivity contribution in [1.29, 1.82) is 0 Å². The van der Waals surface area contributed by atoms with Gasteiger partial charge in [-0.1, -0.05) is 11.6 Å². The molecule has 1 amide bonds. The van der Waals surface area contributed by atoms with Crippen LogP contribution in [-0.4, -0.2) is 11.0 Å². The molecule has 0 aliphatic rings. The fourth-order valence-electron chi connectivity index (χ4n) is 1.44. The minimum Gasteiger partial charge on any atom is -0.506 e. The van der Waals surface area contributed by atoms with Gasteiger partial charge in [0.1, 0.15) is 17.4 Å². The van der Waals surface area contributed by atoms with E-state index in [1.807, 2.05) is 0 Å². The van der Waals surface area contributed by atoms with E-state index in [-0.39, 0.29) is 22.0 Å². The summed E-state index contributed by atoms with van der Waals surface area (Å²) in [5.74, 6) is -2.25. The summed E-state index contributed by atoms with van der Waals surface area (Å²) < 4.78 is 26.3. The van der Waals surface area contributed by atoms with Gasteiger partial charge in [-0.05, 0) is 30.3 Å². The van der Waals surface area contributed by atoms with Crippen molar-refractivity contribution in [2.45, 2.75) is 0 Å². The number of hydrogen-bond acceptors (Lipinski definition) is 2. The number of carbonyl (C=O) groups excluding carboxylic acids is 1. The average molecular weight is 284 g/mol. The number of halogens is 3. The highest BCUT2D eigenvalue weighted by atomic mass is 35.5. The second-order valence-electron chi connectivity index (χ2n) is 3.74. The zero-order valence-corrected chi connectivity index (χ0v) is 10.2. The summed E-state index contributed by atoms with van der Waals surface area (Å²) in [6.07, 6.45) is 0. The van der Waals surface area contributed by atoms with Crippen molar-refractivity contribution in [1.82, 2.24) is 0 Å². The molecule has 0 radical (unpaired) electrons. The van der Waals surface area contributed by atoms with Gasteiger partial charge in [0.25, 0.3) is 5.91 Å². The van der Waals surface area contributed by atoms with Crippen LogP contribution >= 0.6 is 11.6 Å². The van der Waals surface area contributed by atoms with Crippen molar-refractivity contribution < 1.29 is 18.7 Å². The van der Waals surface area contributed by atoms with Crippen LogP contribution in [0.25, 0.3) is 0 Å². The molecule has 0 bridgehead atoms. The second-order valence-corrected chi connectivity index (χ2v) is 4.15. The minimum atomic E-state index is -0.750. The number of rotatable bonds is 2. The number of aromatic hydroxyl groups is 1. The van der Waals surface area contributed by atoms with Crippen LogP contribution in [0.5, 0.6) is 5.75 Å². The smallest absolute Gasteiger partial charge is 0.255 e. The van der Waals surface area contributed by atoms with Crippen molar-refractivity contribution in [3.8, 4) is 5.75 Å². The molecule has 0 heterocycles. The molecule has 0 fully saturated rings. The molecule has 19 heavy (non-hydrogen) atoms. The summed E-state index contributed by atoms with van der Waals surface area (Å²) in [7, 11) is 0. The molecule has 0 unspecified atom stereocenters. The average Bonchev–Trinajstić information content (AvgIpc) is 2.37. The molecule has 2 rings (SSSR count). The van der Waals surface area contributed by atoms with Gasteiger partial charge in [-0.25, -0.2) is 8.78 Å². The molecule has 2 aromatic carbocycles. The van der Waals surface area contributed by atoms with Crippen LogP contribution in [0.1, 0.15) is 10.4 Å². The van der Waals surface area contributed by atoms with E-state index in [1.165, 1.54) is 18.2 Å². The summed E-state index contributed by atoms with van der Waals surface area (Å²) >= 11 is 5.65. The maximum absolute atomic E-state index is 13.3. The standard InChI is InChI=1S/C13H8ClF2NO2/c14-9-5-7(1-4-12(9)18)13(19)17-11-6-8(15)2-3-10(11)16/h1-6,18H,(H,17,19). The topological polar surface area (TPSA) is 49.3 Å². The van der Waals surface area contributed by atoms with Crippen LogP contribution < -0.4 is 5.32 Å². The van der Waals surface area contributed by atoms with Crippen LogP contribution in [-0.2, 0) is 0 Å². The third-order valence-corrected chi connectivity index (χ3v) is 2.69. The zero-order chi connectivity index (χ0) is 14.0. The van der Waals surface area contributed by atoms with E-state index in [4.69, 9.17) is 11.6 Å². The number of nitrogens with one attached hydrogen (secondary N) is 1. The van der Waals surface area contributed by atoms with Crippen molar-refractivity contribution in [2.24, 2.45) is 0 Å². The van der Waals surface area contributed by atoms with E-state index < -0.39 is 17.5 Å². The van der Waals surface area contributed by atoms with E-state index in [0.717, 1.165) is 18.2 Å². The van der Waals surface area contributed by atoms with Gasteiger partial charge >= 0.3 is 0 Å². The van der Waals surface area contributed by atoms with Crippen LogP contribution in [0.3, 0.4) is 0 Å². The monoisotopic (exact) mass is 283 g/mol. The third-order valence-electron chi connectivity index (χ3n) is 2.39. The second kappa shape index (κ2) is 5.24. The van der Waals surface area contributed by atoms with Crippen molar-refractivity contribution >= 4 is 23.2 Å². The summed E-state index contributed by atoms with van der Waals surface area (Å²) in [5.41, 5.74) is -0.152. The number of phenolic OH excluding ortho intramolecular Hbond substituents is 1. The Kier molecular flexibility index (Phi) is 3.66. The molecule has 0 saturated heterocycles. The molecule has 0 aromatic heterocycles. The molecule has 2 aromatic rings. The number of anilines is 1. The highest BCUT2D eigenvalue weighted by Crippen LogP contribution is 2.24. The first kappa shape index (κ1) is 13.3. The number of carbonyl (C=O) groups is 1. The van der Waals surface area contributed by atoms with E-state index in [0.29, 0.717) is 0 Å². The van der Waals surface area contributed by atoms with E-state index in [2.05, 4.69) is 5.32 Å². The molecule has 3 nitrogen and oxygen atoms in total. The Morgan fingerprint density at radius 3 is 2.58 bits per heavy atom. The molecule has 0 spiro atoms. The van der Waals surface area contributed by atoms with Gasteiger partial charge in [0, 0.05) is 11.6 Å². The maximum Gasteiger partial charge on any atom is 0.255 e. The Hall–Kier alpha value is -2.14. The highest BCUT2D eigenvalue weighted by molar-refractivity contribution is 6.32. The van der Waals surface area contributed by atoms with Gasteiger partial charge < -0.3 is 10.4 Å². The lowest BCUT2D eigenvalue weighted by molar-refractivity contribution is 0.102. The minimum absolute atomic E-state index is 0.00707. The SMILES string of the molecule is O=C(Nc1cc(F)ccc1F)c1ccc(O)c(Cl)c1. The van der Waals surface area contributed by atoms with Gasteiger partial charge in [-0.15, -0.1) is 0 Å². The van der Waals surface area contributed by atoms with Gasteiger partial charge in [-0.3, -0.25) is 4.79 Å². The molecule has 0 atom stereocenters. The molecular formula is C13H8ClF2NO2. The Morgan fingerprint density at radius 2 is 1.89 bits per heavy atom. The fourth-order valence-corrected chi connectivity index (χ4v) is 1.62. The van der Waals surface area contributed by atoms with Crippen molar-refractivity contribution in [2.75, 3.05) is 5.32 Å². The molecule has 98 valence electrons. The fraction of sp³-hybridized carbons (Fsp3) is 0. The van der Waals surface area contributed by atoms with Crippen LogP contribution in [0, 0.1) is 11.6 Å². The quantitative estimate of drug-likeness (QED) is 0.885. The van der Waals surface area contributed by atoms with Crippen LogP contribution in [0.2, 0.25) is 5.02 Å². The lowest BCUT2D eigenvalue weighted by Crippen LogP contribution is -2.13. The number of hydrogen-bond donors (Lipinski definition) is 2. The van der Waals surface area contributed by atoms with E-state index in [1.54, 1.807) is 0 Å². The number of benzene rings is 2. The largest absolute Gasteiger partial charge is 0.506 e. The third kappa shape index (κ3) is 3.00. The van der Waals surface area contributed by atoms with Crippen molar-refractivity contribution in [3.05, 3.63) is 58.6 Å². The summed E-state index contributed by atoms with van der Waals surface area (Å²) in [5, 5.41) is 11.4. The van der Waals surface area contributed by atoms with E-state index in [9.17, 15) is 18.7 Å². The van der Waals surface area contributed by atoms with Gasteiger partial charge in [0.05, 0.1) is 10.7 Å². The molecule has 0 saturated carbocycles. The Labute approximate surface area is 112 Å². The predicted octanol–water partition coefficient (Wildman–Crippen LogP) is 3.58. The molecule has 2 N–H and O–H groups in total. The lowest BCUT2D eigenvalue weighted by Gasteiger charge is -2.07. The molecular weight excluding hydrogens is 276 g/mol. The van der Waals surface area contributed by atoms with Crippen molar-refractivity contribution in [3.63, 3.8) is 0 Å². The zero-order valence-electron chi connectivity index (χ0n) is 9.45. The summed E-state index contributed by atoms with van der Waals surface area (Å²) in [4.78, 5) is 11.8. The maximum atomic E-state index is 13.3. The normalized spacial score (nSPS) is 10.3. The summed E-state index contributed by atoms with van der Waals surface area (Å²) in [6.45, 7) is 0. The number of phenols is 1. The van der Waals surface area contributed by atoms with Gasteiger partial charge in [-0.2, -0.15) is 0 Å². The van der Waals surface area contributed by atoms with Gasteiger partial charge in [0.2, 0.25) is 0 Å². The van der Waals surface area contributed by atoms with Gasteiger partial charge in [0.15, 0.2) is 0 Å².